The normalized spacial score (nSPS) is 10.5. The van der Waals surface area contributed by atoms with Crippen LogP contribution >= 0.6 is 11.3 Å². The van der Waals surface area contributed by atoms with E-state index in [0.717, 1.165) is 0 Å². The summed E-state index contributed by atoms with van der Waals surface area (Å²) in [5.41, 5.74) is 5.92. The number of esters is 1. The van der Waals surface area contributed by atoms with E-state index in [4.69, 9.17) is 14.9 Å². The van der Waals surface area contributed by atoms with Crippen LogP contribution in [0.3, 0.4) is 0 Å². The predicted octanol–water partition coefficient (Wildman–Crippen LogP) is 2.78. The van der Waals surface area contributed by atoms with Gasteiger partial charge in [0.1, 0.15) is 0 Å². The van der Waals surface area contributed by atoms with Gasteiger partial charge >= 0.3 is 5.97 Å². The lowest BCUT2D eigenvalue weighted by Crippen LogP contribution is -2.37. The van der Waals surface area contributed by atoms with Crippen LogP contribution in [-0.4, -0.2) is 35.9 Å². The molecule has 3 aromatic rings. The summed E-state index contributed by atoms with van der Waals surface area (Å²) in [6.45, 7) is 1.35. The number of primary amides is 1. The Hall–Kier alpha value is -3.46. The zero-order valence-corrected chi connectivity index (χ0v) is 16.5. The van der Waals surface area contributed by atoms with E-state index in [2.05, 4.69) is 4.98 Å². The Bertz CT molecular complexity index is 999. The molecule has 0 saturated heterocycles. The van der Waals surface area contributed by atoms with Crippen LogP contribution in [0.1, 0.15) is 21.8 Å². The highest BCUT2D eigenvalue weighted by Crippen LogP contribution is 2.28. The van der Waals surface area contributed by atoms with Gasteiger partial charge in [0.25, 0.3) is 5.91 Å². The molecular formula is C20H19N3O5S. The second-order valence-electron chi connectivity index (χ2n) is 6.07. The lowest BCUT2D eigenvalue weighted by molar-refractivity contribution is -0.121. The average Bonchev–Trinajstić information content (AvgIpc) is 3.36. The maximum atomic E-state index is 12.6. The summed E-state index contributed by atoms with van der Waals surface area (Å²) in [5.74, 6) is -1.15. The Morgan fingerprint density at radius 1 is 1.17 bits per heavy atom. The van der Waals surface area contributed by atoms with Gasteiger partial charge in [0, 0.05) is 23.5 Å². The molecule has 0 aliphatic rings. The molecule has 2 aromatic heterocycles. The predicted molar refractivity (Wildman–Crippen MR) is 107 cm³/mol. The molecule has 0 unspecified atom stereocenters. The van der Waals surface area contributed by atoms with Crippen molar-refractivity contribution in [3.05, 3.63) is 59.3 Å². The number of hydrogen-bond donors (Lipinski definition) is 1. The monoisotopic (exact) mass is 413 g/mol. The Morgan fingerprint density at radius 3 is 2.59 bits per heavy atom. The molecule has 0 aliphatic heterocycles. The topological polar surface area (TPSA) is 116 Å². The van der Waals surface area contributed by atoms with Crippen molar-refractivity contribution in [2.75, 3.05) is 18.1 Å². The zero-order valence-electron chi connectivity index (χ0n) is 15.7. The Kier molecular flexibility index (Phi) is 6.40. The molecule has 3 rings (SSSR count). The van der Waals surface area contributed by atoms with Crippen molar-refractivity contribution < 1.29 is 23.5 Å². The minimum absolute atomic E-state index is 0.00766. The van der Waals surface area contributed by atoms with Crippen molar-refractivity contribution >= 4 is 34.8 Å². The van der Waals surface area contributed by atoms with Gasteiger partial charge < -0.3 is 19.8 Å². The van der Waals surface area contributed by atoms with Gasteiger partial charge in [-0.1, -0.05) is 18.2 Å². The number of furan rings is 1. The van der Waals surface area contributed by atoms with E-state index in [0.29, 0.717) is 21.3 Å². The Balaban J connectivity index is 1.68. The third kappa shape index (κ3) is 5.08. The Morgan fingerprint density at radius 2 is 1.93 bits per heavy atom. The van der Waals surface area contributed by atoms with E-state index in [1.165, 1.54) is 22.5 Å². The third-order valence-electron chi connectivity index (χ3n) is 4.00. The summed E-state index contributed by atoms with van der Waals surface area (Å²) in [5, 5.41) is 0.554. The molecule has 0 bridgehead atoms. The van der Waals surface area contributed by atoms with Gasteiger partial charge in [-0.3, -0.25) is 9.59 Å². The molecule has 2 N–H and O–H groups in total. The molecule has 0 saturated carbocycles. The lowest BCUT2D eigenvalue weighted by atomic mass is 10.2. The van der Waals surface area contributed by atoms with Crippen molar-refractivity contribution in [2.24, 2.45) is 5.73 Å². The highest BCUT2D eigenvalue weighted by Gasteiger charge is 2.22. The number of carbonyl (C=O) groups excluding carboxylic acids is 3. The van der Waals surface area contributed by atoms with Crippen molar-refractivity contribution in [3.63, 3.8) is 0 Å². The molecule has 150 valence electrons. The fraction of sp³-hybridized carbons (Fsp3) is 0.200. The number of ether oxygens (including phenoxy) is 1. The van der Waals surface area contributed by atoms with Crippen LogP contribution in [0.15, 0.2) is 53.1 Å². The number of rotatable bonds is 8. The highest BCUT2D eigenvalue weighted by molar-refractivity contribution is 7.15. The fourth-order valence-electron chi connectivity index (χ4n) is 2.59. The van der Waals surface area contributed by atoms with Crippen LogP contribution < -0.4 is 10.6 Å². The maximum absolute atomic E-state index is 12.6. The third-order valence-corrected chi connectivity index (χ3v) is 4.98. The van der Waals surface area contributed by atoms with Gasteiger partial charge in [-0.25, -0.2) is 9.78 Å². The number of carbonyl (C=O) groups is 3. The molecule has 29 heavy (non-hydrogen) atoms. The van der Waals surface area contributed by atoms with Crippen LogP contribution in [0, 0.1) is 6.92 Å². The molecule has 8 nitrogen and oxygen atoms in total. The van der Waals surface area contributed by atoms with E-state index in [1.54, 1.807) is 43.3 Å². The molecule has 0 fully saturated rings. The average molecular weight is 413 g/mol. The largest absolute Gasteiger partial charge is 0.462 e. The molecule has 0 aliphatic carbocycles. The molecule has 9 heteroatoms. The van der Waals surface area contributed by atoms with Crippen molar-refractivity contribution in [2.45, 2.75) is 13.3 Å². The van der Waals surface area contributed by atoms with Crippen LogP contribution in [0.25, 0.3) is 10.8 Å². The number of anilines is 1. The van der Waals surface area contributed by atoms with Gasteiger partial charge in [0.2, 0.25) is 5.91 Å². The van der Waals surface area contributed by atoms with E-state index in [-0.39, 0.29) is 18.7 Å². The standard InChI is InChI=1S/C20H19N3O5S/c1-13-18(22-19(29-13)15-8-5-11-27-15)20(26)28-12-17(25)23(10-9-16(21)24)14-6-3-2-4-7-14/h2-8,11H,9-10,12H2,1H3,(H2,21,24). The Labute approximate surface area is 170 Å². The summed E-state index contributed by atoms with van der Waals surface area (Å²) >= 11 is 1.30. The molecule has 2 amide bonds. The first-order valence-corrected chi connectivity index (χ1v) is 9.59. The zero-order chi connectivity index (χ0) is 20.8. The van der Waals surface area contributed by atoms with Crippen LogP contribution in [0.4, 0.5) is 5.69 Å². The molecular weight excluding hydrogens is 394 g/mol. The molecule has 2 heterocycles. The van der Waals surface area contributed by atoms with E-state index in [9.17, 15) is 14.4 Å². The van der Waals surface area contributed by atoms with Crippen LogP contribution in [0.2, 0.25) is 0 Å². The number of hydrogen-bond acceptors (Lipinski definition) is 7. The number of nitrogens with zero attached hydrogens (tertiary/aromatic N) is 2. The number of amides is 2. The van der Waals surface area contributed by atoms with Crippen LogP contribution in [-0.2, 0) is 14.3 Å². The molecule has 0 spiro atoms. The van der Waals surface area contributed by atoms with E-state index >= 15 is 0 Å². The summed E-state index contributed by atoms with van der Waals surface area (Å²) in [6.07, 6.45) is 1.51. The van der Waals surface area contributed by atoms with Gasteiger partial charge in [0.15, 0.2) is 23.1 Å². The summed E-state index contributed by atoms with van der Waals surface area (Å²) in [6, 6.07) is 12.3. The molecule has 0 radical (unpaired) electrons. The molecule has 0 atom stereocenters. The highest BCUT2D eigenvalue weighted by atomic mass is 32.1. The first-order valence-electron chi connectivity index (χ1n) is 8.78. The second kappa shape index (κ2) is 9.16. The van der Waals surface area contributed by atoms with Crippen molar-refractivity contribution in [1.82, 2.24) is 4.98 Å². The van der Waals surface area contributed by atoms with Gasteiger partial charge in [-0.05, 0) is 31.2 Å². The van der Waals surface area contributed by atoms with E-state index < -0.39 is 24.4 Å². The number of aryl methyl sites for hydroxylation is 1. The summed E-state index contributed by atoms with van der Waals surface area (Å²) in [7, 11) is 0. The number of aromatic nitrogens is 1. The SMILES string of the molecule is Cc1sc(-c2ccco2)nc1C(=O)OCC(=O)N(CCC(N)=O)c1ccccc1. The first kappa shape index (κ1) is 20.3. The van der Waals surface area contributed by atoms with Crippen molar-refractivity contribution in [3.8, 4) is 10.8 Å². The fourth-order valence-corrected chi connectivity index (χ4v) is 3.46. The number of thiazole rings is 1. The van der Waals surface area contributed by atoms with Crippen LogP contribution in [0.5, 0.6) is 0 Å². The van der Waals surface area contributed by atoms with Gasteiger partial charge in [-0.15, -0.1) is 11.3 Å². The quantitative estimate of drug-likeness (QED) is 0.568. The van der Waals surface area contributed by atoms with E-state index in [1.807, 2.05) is 6.07 Å². The van der Waals surface area contributed by atoms with Gasteiger partial charge in [-0.2, -0.15) is 0 Å². The summed E-state index contributed by atoms with van der Waals surface area (Å²) in [4.78, 5) is 42.5. The number of para-hydroxylation sites is 1. The van der Waals surface area contributed by atoms with Gasteiger partial charge in [0.05, 0.1) is 6.26 Å². The smallest absolute Gasteiger partial charge is 0.358 e. The first-order chi connectivity index (χ1) is 14.0. The minimum atomic E-state index is -0.701. The number of nitrogens with two attached hydrogens (primary N) is 1. The minimum Gasteiger partial charge on any atom is -0.462 e. The molecule has 1 aromatic carbocycles. The second-order valence-corrected chi connectivity index (χ2v) is 7.28. The number of benzene rings is 1. The maximum Gasteiger partial charge on any atom is 0.358 e. The lowest BCUT2D eigenvalue weighted by Gasteiger charge is -2.22. The summed E-state index contributed by atoms with van der Waals surface area (Å²) < 4.78 is 10.5. The van der Waals surface area contributed by atoms with Crippen molar-refractivity contribution in [1.29, 1.82) is 0 Å².